The van der Waals surface area contributed by atoms with E-state index in [2.05, 4.69) is 6.92 Å². The van der Waals surface area contributed by atoms with Gasteiger partial charge in [0.1, 0.15) is 0 Å². The molecule has 0 bridgehead atoms. The summed E-state index contributed by atoms with van der Waals surface area (Å²) in [5.74, 6) is -1.80. The Morgan fingerprint density at radius 3 is 2.24 bits per heavy atom. The van der Waals surface area contributed by atoms with E-state index in [9.17, 15) is 8.78 Å². The molecule has 0 aliphatic carbocycles. The van der Waals surface area contributed by atoms with Crippen LogP contribution in [0.5, 0.6) is 5.75 Å². The summed E-state index contributed by atoms with van der Waals surface area (Å²) in [7, 11) is 0. The van der Waals surface area contributed by atoms with Gasteiger partial charge < -0.3 is 4.74 Å². The van der Waals surface area contributed by atoms with Crippen LogP contribution >= 0.6 is 0 Å². The molecule has 0 fully saturated rings. The Labute approximate surface area is 124 Å². The second-order valence-electron chi connectivity index (χ2n) is 5.07. The van der Waals surface area contributed by atoms with E-state index in [1.807, 2.05) is 24.3 Å². The van der Waals surface area contributed by atoms with Crippen molar-refractivity contribution in [1.82, 2.24) is 0 Å². The lowest BCUT2D eigenvalue weighted by atomic mass is 9.97. The quantitative estimate of drug-likeness (QED) is 0.727. The molecule has 1 nitrogen and oxygen atoms in total. The Hall–Kier alpha value is -1.90. The van der Waals surface area contributed by atoms with E-state index in [1.54, 1.807) is 19.9 Å². The Morgan fingerprint density at radius 2 is 1.67 bits per heavy atom. The lowest BCUT2D eigenvalue weighted by molar-refractivity contribution is 0.314. The van der Waals surface area contributed by atoms with Crippen molar-refractivity contribution in [3.63, 3.8) is 0 Å². The Bertz CT molecular complexity index is 618. The van der Waals surface area contributed by atoms with Crippen molar-refractivity contribution in [2.75, 3.05) is 6.61 Å². The Morgan fingerprint density at radius 1 is 1.00 bits per heavy atom. The van der Waals surface area contributed by atoms with Gasteiger partial charge in [-0.15, -0.1) is 0 Å². The molecule has 0 unspecified atom stereocenters. The molecule has 0 saturated carbocycles. The second kappa shape index (κ2) is 6.70. The lowest BCUT2D eigenvalue weighted by Gasteiger charge is -2.13. The van der Waals surface area contributed by atoms with Crippen LogP contribution < -0.4 is 4.74 Å². The largest absolute Gasteiger partial charge is 0.491 e. The van der Waals surface area contributed by atoms with Gasteiger partial charge >= 0.3 is 0 Å². The first-order valence-electron chi connectivity index (χ1n) is 7.29. The van der Waals surface area contributed by atoms with Crippen molar-refractivity contribution >= 4 is 0 Å². The minimum Gasteiger partial charge on any atom is -0.491 e. The maximum absolute atomic E-state index is 14.3. The van der Waals surface area contributed by atoms with Gasteiger partial charge in [0, 0.05) is 5.56 Å². The highest BCUT2D eigenvalue weighted by atomic mass is 19.2. The molecule has 0 atom stereocenters. The molecule has 112 valence electrons. The standard InChI is InChI=1S/C18H20F2O/c1-4-6-13-7-9-14(10-8-13)16-12(3)11-15(21-5-2)17(19)18(16)20/h7-11H,4-6H2,1-3H3. The number of halogens is 2. The summed E-state index contributed by atoms with van der Waals surface area (Å²) in [5, 5.41) is 0. The summed E-state index contributed by atoms with van der Waals surface area (Å²) in [4.78, 5) is 0. The molecule has 3 heteroatoms. The van der Waals surface area contributed by atoms with E-state index in [-0.39, 0.29) is 5.75 Å². The fourth-order valence-electron chi connectivity index (χ4n) is 2.46. The number of benzene rings is 2. The summed E-state index contributed by atoms with van der Waals surface area (Å²) in [6.07, 6.45) is 2.05. The first kappa shape index (κ1) is 15.5. The molecule has 0 N–H and O–H groups in total. The summed E-state index contributed by atoms with van der Waals surface area (Å²) >= 11 is 0. The first-order chi connectivity index (χ1) is 10.1. The van der Waals surface area contributed by atoms with E-state index in [0.717, 1.165) is 12.8 Å². The monoisotopic (exact) mass is 290 g/mol. The third-order valence-electron chi connectivity index (χ3n) is 3.45. The van der Waals surface area contributed by atoms with Crippen LogP contribution in [0.3, 0.4) is 0 Å². The number of ether oxygens (including phenoxy) is 1. The molecule has 0 heterocycles. The van der Waals surface area contributed by atoms with Gasteiger partial charge in [0.05, 0.1) is 6.61 Å². The van der Waals surface area contributed by atoms with E-state index in [4.69, 9.17) is 4.74 Å². The molecular formula is C18H20F2O. The zero-order valence-electron chi connectivity index (χ0n) is 12.7. The van der Waals surface area contributed by atoms with Crippen LogP contribution in [0.15, 0.2) is 30.3 Å². The zero-order valence-corrected chi connectivity index (χ0v) is 12.7. The molecule has 21 heavy (non-hydrogen) atoms. The normalized spacial score (nSPS) is 10.7. The minimum absolute atomic E-state index is 0.0288. The van der Waals surface area contributed by atoms with Crippen molar-refractivity contribution in [3.05, 3.63) is 53.1 Å². The van der Waals surface area contributed by atoms with Gasteiger partial charge in [0.2, 0.25) is 5.82 Å². The van der Waals surface area contributed by atoms with Gasteiger partial charge in [-0.2, -0.15) is 4.39 Å². The SMILES string of the molecule is CCCc1ccc(-c2c(C)cc(OCC)c(F)c2F)cc1. The van der Waals surface area contributed by atoms with Crippen LogP contribution in [0.4, 0.5) is 8.78 Å². The van der Waals surface area contributed by atoms with Crippen LogP contribution in [0.2, 0.25) is 0 Å². The average Bonchev–Trinajstić information content (AvgIpc) is 2.47. The van der Waals surface area contributed by atoms with Crippen LogP contribution in [0.25, 0.3) is 11.1 Å². The molecule has 2 rings (SSSR count). The molecule has 0 aromatic heterocycles. The molecule has 0 amide bonds. The van der Waals surface area contributed by atoms with Gasteiger partial charge in [-0.3, -0.25) is 0 Å². The summed E-state index contributed by atoms with van der Waals surface area (Å²) in [6.45, 7) is 5.92. The van der Waals surface area contributed by atoms with E-state index >= 15 is 0 Å². The lowest BCUT2D eigenvalue weighted by Crippen LogP contribution is -2.01. The molecule has 0 radical (unpaired) electrons. The fraction of sp³-hybridized carbons (Fsp3) is 0.333. The van der Waals surface area contributed by atoms with Gasteiger partial charge in [0.25, 0.3) is 0 Å². The maximum Gasteiger partial charge on any atom is 0.201 e. The molecule has 0 saturated heterocycles. The van der Waals surface area contributed by atoms with Crippen LogP contribution in [-0.4, -0.2) is 6.61 Å². The topological polar surface area (TPSA) is 9.23 Å². The predicted molar refractivity (Wildman–Crippen MR) is 81.7 cm³/mol. The highest BCUT2D eigenvalue weighted by Gasteiger charge is 2.18. The van der Waals surface area contributed by atoms with Crippen LogP contribution in [-0.2, 0) is 6.42 Å². The maximum atomic E-state index is 14.3. The van der Waals surface area contributed by atoms with Crippen molar-refractivity contribution in [2.24, 2.45) is 0 Å². The van der Waals surface area contributed by atoms with Crippen LogP contribution in [0, 0.1) is 18.6 Å². The predicted octanol–water partition coefficient (Wildman–Crippen LogP) is 5.29. The highest BCUT2D eigenvalue weighted by molar-refractivity contribution is 5.69. The average molecular weight is 290 g/mol. The number of rotatable bonds is 5. The second-order valence-corrected chi connectivity index (χ2v) is 5.07. The Balaban J connectivity index is 2.46. The molecular weight excluding hydrogens is 270 g/mol. The number of hydrogen-bond donors (Lipinski definition) is 0. The van der Waals surface area contributed by atoms with Gasteiger partial charge in [0.15, 0.2) is 11.6 Å². The molecule has 2 aromatic carbocycles. The fourth-order valence-corrected chi connectivity index (χ4v) is 2.46. The van der Waals surface area contributed by atoms with Gasteiger partial charge in [-0.25, -0.2) is 4.39 Å². The number of hydrogen-bond acceptors (Lipinski definition) is 1. The molecule has 0 aliphatic rings. The third-order valence-corrected chi connectivity index (χ3v) is 3.45. The molecule has 0 aliphatic heterocycles. The van der Waals surface area contributed by atoms with E-state index < -0.39 is 11.6 Å². The smallest absolute Gasteiger partial charge is 0.201 e. The Kier molecular flexibility index (Phi) is 4.94. The molecule has 2 aromatic rings. The van der Waals surface area contributed by atoms with E-state index in [1.165, 1.54) is 5.56 Å². The van der Waals surface area contributed by atoms with Gasteiger partial charge in [-0.1, -0.05) is 37.6 Å². The minimum atomic E-state index is -0.921. The zero-order chi connectivity index (χ0) is 15.4. The summed E-state index contributed by atoms with van der Waals surface area (Å²) in [5.41, 5.74) is 2.86. The first-order valence-corrected chi connectivity index (χ1v) is 7.29. The van der Waals surface area contributed by atoms with Crippen molar-refractivity contribution in [2.45, 2.75) is 33.6 Å². The van der Waals surface area contributed by atoms with Crippen molar-refractivity contribution < 1.29 is 13.5 Å². The van der Waals surface area contributed by atoms with Crippen molar-refractivity contribution in [3.8, 4) is 16.9 Å². The van der Waals surface area contributed by atoms with E-state index in [0.29, 0.717) is 23.3 Å². The third kappa shape index (κ3) is 3.23. The van der Waals surface area contributed by atoms with Crippen molar-refractivity contribution in [1.29, 1.82) is 0 Å². The molecule has 0 spiro atoms. The van der Waals surface area contributed by atoms with Gasteiger partial charge in [-0.05, 0) is 43.0 Å². The number of aryl methyl sites for hydroxylation is 2. The summed E-state index contributed by atoms with van der Waals surface area (Å²) < 4.78 is 33.5. The van der Waals surface area contributed by atoms with Crippen LogP contribution in [0.1, 0.15) is 31.4 Å². The summed E-state index contributed by atoms with van der Waals surface area (Å²) in [6, 6.07) is 9.17. The highest BCUT2D eigenvalue weighted by Crippen LogP contribution is 2.33.